The molecule has 0 atom stereocenters. The van der Waals surface area contributed by atoms with Gasteiger partial charge in [-0.25, -0.2) is 4.98 Å². The van der Waals surface area contributed by atoms with Crippen LogP contribution < -0.4 is 4.74 Å². The lowest BCUT2D eigenvalue weighted by Gasteiger charge is -2.36. The molecule has 0 saturated carbocycles. The van der Waals surface area contributed by atoms with E-state index in [1.54, 1.807) is 18.4 Å². The predicted octanol–water partition coefficient (Wildman–Crippen LogP) is 4.68. The summed E-state index contributed by atoms with van der Waals surface area (Å²) in [5.74, 6) is 1.42. The topological polar surface area (TPSA) is 45.7 Å². The normalized spacial score (nSPS) is 15.1. The van der Waals surface area contributed by atoms with E-state index in [4.69, 9.17) is 9.72 Å². The minimum atomic E-state index is 0.209. The Morgan fingerprint density at radius 3 is 2.55 bits per heavy atom. The maximum absolute atomic E-state index is 12.8. The Hall–Kier alpha value is -1.92. The molecule has 0 bridgehead atoms. The predicted molar refractivity (Wildman–Crippen MR) is 119 cm³/mol. The Labute approximate surface area is 178 Å². The molecule has 6 heteroatoms. The van der Waals surface area contributed by atoms with E-state index in [9.17, 15) is 4.79 Å². The summed E-state index contributed by atoms with van der Waals surface area (Å²) < 4.78 is 5.32. The average molecular weight is 416 g/mol. The van der Waals surface area contributed by atoms with Crippen molar-refractivity contribution in [3.05, 3.63) is 34.7 Å². The first-order chi connectivity index (χ1) is 14.1. The maximum atomic E-state index is 12.8. The van der Waals surface area contributed by atoms with Gasteiger partial charge in [0.2, 0.25) is 5.91 Å². The third kappa shape index (κ3) is 5.80. The van der Waals surface area contributed by atoms with Gasteiger partial charge in [-0.15, -0.1) is 11.3 Å². The van der Waals surface area contributed by atoms with Crippen molar-refractivity contribution in [1.29, 1.82) is 0 Å². The molecule has 1 aromatic carbocycles. The van der Waals surface area contributed by atoms with Crippen molar-refractivity contribution in [3.63, 3.8) is 0 Å². The molecular weight excluding hydrogens is 382 g/mol. The molecule has 2 heterocycles. The first kappa shape index (κ1) is 21.8. The third-order valence-corrected chi connectivity index (χ3v) is 6.42. The van der Waals surface area contributed by atoms with Crippen LogP contribution in [0.1, 0.15) is 44.5 Å². The second-order valence-corrected chi connectivity index (χ2v) is 8.68. The maximum Gasteiger partial charge on any atom is 0.225 e. The van der Waals surface area contributed by atoms with E-state index in [0.717, 1.165) is 80.4 Å². The number of piperazine rings is 1. The van der Waals surface area contributed by atoms with Gasteiger partial charge >= 0.3 is 0 Å². The molecule has 1 saturated heterocycles. The van der Waals surface area contributed by atoms with Crippen LogP contribution in [0.2, 0.25) is 0 Å². The largest absolute Gasteiger partial charge is 0.497 e. The van der Waals surface area contributed by atoms with Crippen molar-refractivity contribution < 1.29 is 9.53 Å². The molecule has 29 heavy (non-hydrogen) atoms. The Morgan fingerprint density at radius 1 is 1.17 bits per heavy atom. The van der Waals surface area contributed by atoms with Gasteiger partial charge in [0.05, 0.1) is 19.3 Å². The summed E-state index contributed by atoms with van der Waals surface area (Å²) in [5.41, 5.74) is 2.08. The average Bonchev–Trinajstić information content (AvgIpc) is 3.22. The highest BCUT2D eigenvalue weighted by Crippen LogP contribution is 2.26. The van der Waals surface area contributed by atoms with E-state index in [-0.39, 0.29) is 5.92 Å². The highest BCUT2D eigenvalue weighted by atomic mass is 32.1. The third-order valence-electron chi connectivity index (χ3n) is 5.58. The molecule has 0 unspecified atom stereocenters. The second-order valence-electron chi connectivity index (χ2n) is 7.73. The molecule has 1 aliphatic rings. The van der Waals surface area contributed by atoms with Gasteiger partial charge in [-0.2, -0.15) is 0 Å². The first-order valence-corrected chi connectivity index (χ1v) is 11.6. The summed E-state index contributed by atoms with van der Waals surface area (Å²) in [5, 5.41) is 3.24. The smallest absolute Gasteiger partial charge is 0.225 e. The van der Waals surface area contributed by atoms with Gasteiger partial charge < -0.3 is 9.64 Å². The molecule has 0 N–H and O–H groups in total. The van der Waals surface area contributed by atoms with Crippen molar-refractivity contribution in [2.24, 2.45) is 5.92 Å². The molecule has 0 spiro atoms. The number of hydrogen-bond acceptors (Lipinski definition) is 5. The lowest BCUT2D eigenvalue weighted by Crippen LogP contribution is -2.50. The van der Waals surface area contributed by atoms with Gasteiger partial charge in [-0.05, 0) is 25.0 Å². The van der Waals surface area contributed by atoms with Gasteiger partial charge in [0, 0.05) is 43.0 Å². The molecule has 0 radical (unpaired) electrons. The van der Waals surface area contributed by atoms with Crippen LogP contribution in [-0.4, -0.2) is 54.0 Å². The summed E-state index contributed by atoms with van der Waals surface area (Å²) >= 11 is 1.70. The lowest BCUT2D eigenvalue weighted by atomic mass is 9.96. The van der Waals surface area contributed by atoms with Crippen LogP contribution in [-0.2, 0) is 11.3 Å². The molecule has 3 rings (SSSR count). The summed E-state index contributed by atoms with van der Waals surface area (Å²) in [6, 6.07) is 8.03. The van der Waals surface area contributed by atoms with E-state index in [0.29, 0.717) is 5.91 Å². The van der Waals surface area contributed by atoms with Crippen LogP contribution in [0.25, 0.3) is 11.3 Å². The number of benzene rings is 1. The van der Waals surface area contributed by atoms with Gasteiger partial charge in [0.15, 0.2) is 0 Å². The number of hydrogen-bond donors (Lipinski definition) is 0. The fourth-order valence-electron chi connectivity index (χ4n) is 3.96. The monoisotopic (exact) mass is 415 g/mol. The minimum absolute atomic E-state index is 0.209. The minimum Gasteiger partial charge on any atom is -0.497 e. The molecular formula is C23H33N3O2S. The van der Waals surface area contributed by atoms with Crippen molar-refractivity contribution in [1.82, 2.24) is 14.8 Å². The fourth-order valence-corrected chi connectivity index (χ4v) is 4.81. The number of nitrogens with zero attached hydrogens (tertiary/aromatic N) is 3. The Kier molecular flexibility index (Phi) is 8.07. The number of aromatic nitrogens is 1. The molecule has 1 fully saturated rings. The van der Waals surface area contributed by atoms with Crippen molar-refractivity contribution in [2.45, 2.75) is 46.1 Å². The quantitative estimate of drug-likeness (QED) is 0.597. The number of methoxy groups -OCH3 is 1. The van der Waals surface area contributed by atoms with Crippen molar-refractivity contribution >= 4 is 17.2 Å². The Balaban J connectivity index is 1.53. The van der Waals surface area contributed by atoms with Gasteiger partial charge in [-0.3, -0.25) is 9.69 Å². The molecule has 158 valence electrons. The van der Waals surface area contributed by atoms with E-state index in [1.807, 2.05) is 18.2 Å². The number of amides is 1. The summed E-state index contributed by atoms with van der Waals surface area (Å²) in [4.78, 5) is 22.2. The highest BCUT2D eigenvalue weighted by molar-refractivity contribution is 7.09. The summed E-state index contributed by atoms with van der Waals surface area (Å²) in [7, 11) is 1.68. The van der Waals surface area contributed by atoms with Crippen LogP contribution in [0.15, 0.2) is 29.6 Å². The summed E-state index contributed by atoms with van der Waals surface area (Å²) in [6.07, 6.45) is 4.18. The van der Waals surface area contributed by atoms with E-state index in [2.05, 4.69) is 35.1 Å². The zero-order valence-electron chi connectivity index (χ0n) is 17.9. The van der Waals surface area contributed by atoms with Gasteiger partial charge in [0.25, 0.3) is 0 Å². The zero-order valence-corrected chi connectivity index (χ0v) is 18.7. The van der Waals surface area contributed by atoms with Gasteiger partial charge in [0.1, 0.15) is 10.8 Å². The van der Waals surface area contributed by atoms with Gasteiger partial charge in [-0.1, -0.05) is 38.8 Å². The van der Waals surface area contributed by atoms with E-state index < -0.39 is 0 Å². The fraction of sp³-hybridized carbons (Fsp3) is 0.565. The molecule has 5 nitrogen and oxygen atoms in total. The van der Waals surface area contributed by atoms with Crippen LogP contribution in [0.5, 0.6) is 5.75 Å². The van der Waals surface area contributed by atoms with E-state index in [1.165, 1.54) is 0 Å². The second kappa shape index (κ2) is 10.7. The van der Waals surface area contributed by atoms with E-state index >= 15 is 0 Å². The lowest BCUT2D eigenvalue weighted by molar-refractivity contribution is -0.137. The highest BCUT2D eigenvalue weighted by Gasteiger charge is 2.26. The molecule has 1 amide bonds. The number of carbonyl (C=O) groups excluding carboxylic acids is 1. The number of ether oxygens (including phenoxy) is 1. The van der Waals surface area contributed by atoms with Crippen molar-refractivity contribution in [3.8, 4) is 17.0 Å². The molecule has 2 aromatic rings. The first-order valence-electron chi connectivity index (χ1n) is 10.7. The Morgan fingerprint density at radius 2 is 1.90 bits per heavy atom. The molecule has 0 aliphatic carbocycles. The van der Waals surface area contributed by atoms with Crippen molar-refractivity contribution in [2.75, 3.05) is 33.3 Å². The molecule has 1 aliphatic heterocycles. The van der Waals surface area contributed by atoms with Crippen LogP contribution >= 0.6 is 11.3 Å². The Bertz CT molecular complexity index is 778. The number of carbonyl (C=O) groups is 1. The number of rotatable bonds is 9. The standard InChI is InChI=1S/C23H33N3O2S/c1-4-7-18(8-5-2)23(27)26-13-11-25(12-14-26)16-22-24-21(17-29-22)19-9-6-10-20(15-19)28-3/h6,9-10,15,17-18H,4-5,7-8,11-14,16H2,1-3H3. The zero-order chi connectivity index (χ0) is 20.6. The summed E-state index contributed by atoms with van der Waals surface area (Å²) in [6.45, 7) is 8.69. The number of thiazole rings is 1. The SMILES string of the molecule is CCCC(CCC)C(=O)N1CCN(Cc2nc(-c3cccc(OC)c3)cs2)CC1. The van der Waals surface area contributed by atoms with Crippen LogP contribution in [0.4, 0.5) is 0 Å². The van der Waals surface area contributed by atoms with Crippen LogP contribution in [0, 0.1) is 5.92 Å². The molecule has 1 aromatic heterocycles. The van der Waals surface area contributed by atoms with Crippen LogP contribution in [0.3, 0.4) is 0 Å².